The number of hydrogen-bond donors (Lipinski definition) is 0. The van der Waals surface area contributed by atoms with E-state index in [1.807, 2.05) is 91.0 Å². The molecule has 0 N–H and O–H groups in total. The average molecular weight is 384 g/mol. The van der Waals surface area contributed by atoms with Gasteiger partial charge in [0.2, 0.25) is 0 Å². The lowest BCUT2D eigenvalue weighted by Gasteiger charge is -2.45. The van der Waals surface area contributed by atoms with Crippen molar-refractivity contribution in [3.8, 4) is 0 Å². The number of ether oxygens (including phenoxy) is 1. The second-order valence-corrected chi connectivity index (χ2v) is 7.66. The first kappa shape index (κ1) is 18.9. The van der Waals surface area contributed by atoms with Gasteiger partial charge in [-0.25, -0.2) is 4.79 Å². The van der Waals surface area contributed by atoms with Crippen molar-refractivity contribution in [2.24, 2.45) is 10.5 Å². The van der Waals surface area contributed by atoms with E-state index in [4.69, 9.17) is 9.84 Å². The summed E-state index contributed by atoms with van der Waals surface area (Å²) >= 11 is 0. The van der Waals surface area contributed by atoms with E-state index >= 15 is 0 Å². The molecule has 4 rings (SSSR count). The molecule has 0 saturated carbocycles. The summed E-state index contributed by atoms with van der Waals surface area (Å²) in [4.78, 5) is 13.0. The molecule has 0 fully saturated rings. The lowest BCUT2D eigenvalue weighted by Crippen LogP contribution is -2.54. The normalized spacial score (nSPS) is 16.9. The standard InChI is InChI=1S/C25H24N2O2/c1-24(2)22(19-13-7-4-8-14-19)26-27(23(28)29-3)25(24,20-15-9-5-10-16-20)21-17-11-6-12-18-21/h4-18H,1-3H3. The highest BCUT2D eigenvalue weighted by molar-refractivity contribution is 6.08. The van der Waals surface area contributed by atoms with Crippen LogP contribution in [0.3, 0.4) is 0 Å². The van der Waals surface area contributed by atoms with Crippen LogP contribution in [0.4, 0.5) is 4.79 Å². The first-order valence-corrected chi connectivity index (χ1v) is 9.67. The molecular formula is C25H24N2O2. The maximum Gasteiger partial charge on any atom is 0.431 e. The molecule has 0 unspecified atom stereocenters. The van der Waals surface area contributed by atoms with Gasteiger partial charge < -0.3 is 4.74 Å². The van der Waals surface area contributed by atoms with E-state index in [1.54, 1.807) is 0 Å². The van der Waals surface area contributed by atoms with E-state index in [9.17, 15) is 4.79 Å². The summed E-state index contributed by atoms with van der Waals surface area (Å²) < 4.78 is 5.19. The summed E-state index contributed by atoms with van der Waals surface area (Å²) in [5.74, 6) is 0. The number of amides is 1. The number of methoxy groups -OCH3 is 1. The topological polar surface area (TPSA) is 41.9 Å². The molecule has 0 aliphatic carbocycles. The molecule has 1 heterocycles. The molecule has 3 aromatic rings. The Hall–Kier alpha value is -3.40. The predicted octanol–water partition coefficient (Wildman–Crippen LogP) is 5.44. The van der Waals surface area contributed by atoms with Gasteiger partial charge in [0.05, 0.1) is 12.8 Å². The highest BCUT2D eigenvalue weighted by atomic mass is 16.5. The summed E-state index contributed by atoms with van der Waals surface area (Å²) in [5, 5.41) is 6.38. The smallest absolute Gasteiger partial charge is 0.431 e. The molecule has 4 nitrogen and oxygen atoms in total. The molecule has 0 radical (unpaired) electrons. The maximum atomic E-state index is 13.0. The SMILES string of the molecule is COC(=O)N1N=C(c2ccccc2)C(C)(C)C1(c1ccccc1)c1ccccc1. The van der Waals surface area contributed by atoms with Crippen LogP contribution >= 0.6 is 0 Å². The fourth-order valence-corrected chi connectivity index (χ4v) is 4.51. The number of carbonyl (C=O) groups is 1. The average Bonchev–Trinajstić information content (AvgIpc) is 3.03. The largest absolute Gasteiger partial charge is 0.451 e. The first-order valence-electron chi connectivity index (χ1n) is 9.67. The molecular weight excluding hydrogens is 360 g/mol. The Kier molecular flexibility index (Phi) is 4.71. The Bertz CT molecular complexity index is 989. The minimum Gasteiger partial charge on any atom is -0.451 e. The lowest BCUT2D eigenvalue weighted by molar-refractivity contribution is 0.0584. The molecule has 4 heteroatoms. The van der Waals surface area contributed by atoms with Gasteiger partial charge in [-0.2, -0.15) is 10.1 Å². The molecule has 1 aliphatic heterocycles. The molecule has 0 spiro atoms. The van der Waals surface area contributed by atoms with Crippen LogP contribution in [0.2, 0.25) is 0 Å². The van der Waals surface area contributed by atoms with Gasteiger partial charge in [-0.3, -0.25) is 0 Å². The Balaban J connectivity index is 2.06. The van der Waals surface area contributed by atoms with Crippen molar-refractivity contribution in [2.45, 2.75) is 19.4 Å². The van der Waals surface area contributed by atoms with Crippen LogP contribution in [0.1, 0.15) is 30.5 Å². The Labute approximate surface area is 171 Å². The van der Waals surface area contributed by atoms with Gasteiger partial charge in [0, 0.05) is 5.41 Å². The second-order valence-electron chi connectivity index (χ2n) is 7.66. The number of hydrazone groups is 1. The van der Waals surface area contributed by atoms with Gasteiger partial charge in [0.1, 0.15) is 5.54 Å². The third-order valence-electron chi connectivity index (χ3n) is 5.79. The zero-order valence-corrected chi connectivity index (χ0v) is 16.9. The van der Waals surface area contributed by atoms with E-state index in [1.165, 1.54) is 12.1 Å². The van der Waals surface area contributed by atoms with Gasteiger partial charge >= 0.3 is 6.09 Å². The van der Waals surface area contributed by atoms with Gasteiger partial charge in [0.15, 0.2) is 0 Å². The van der Waals surface area contributed by atoms with Crippen LogP contribution in [-0.2, 0) is 10.3 Å². The van der Waals surface area contributed by atoms with Crippen molar-refractivity contribution < 1.29 is 9.53 Å². The van der Waals surface area contributed by atoms with Gasteiger partial charge in [-0.05, 0) is 16.7 Å². The van der Waals surface area contributed by atoms with Crippen LogP contribution in [0.5, 0.6) is 0 Å². The van der Waals surface area contributed by atoms with Crippen molar-refractivity contribution in [3.63, 3.8) is 0 Å². The van der Waals surface area contributed by atoms with E-state index in [2.05, 4.69) is 13.8 Å². The molecule has 3 aromatic carbocycles. The Morgan fingerprint density at radius 1 is 0.793 bits per heavy atom. The molecule has 0 aromatic heterocycles. The number of benzene rings is 3. The highest BCUT2D eigenvalue weighted by Crippen LogP contribution is 2.55. The van der Waals surface area contributed by atoms with Crippen LogP contribution in [0.25, 0.3) is 0 Å². The molecule has 146 valence electrons. The van der Waals surface area contributed by atoms with Crippen molar-refractivity contribution in [1.82, 2.24) is 5.01 Å². The van der Waals surface area contributed by atoms with E-state index in [0.29, 0.717) is 0 Å². The van der Waals surface area contributed by atoms with Crippen LogP contribution in [0, 0.1) is 5.41 Å². The molecule has 0 saturated heterocycles. The van der Waals surface area contributed by atoms with Crippen molar-refractivity contribution in [2.75, 3.05) is 7.11 Å². The summed E-state index contributed by atoms with van der Waals surface area (Å²) in [5.41, 5.74) is 2.41. The summed E-state index contributed by atoms with van der Waals surface area (Å²) in [6.07, 6.45) is -0.489. The fraction of sp³-hybridized carbons (Fsp3) is 0.200. The number of rotatable bonds is 3. The van der Waals surface area contributed by atoms with Gasteiger partial charge in [-0.15, -0.1) is 0 Å². The van der Waals surface area contributed by atoms with Crippen molar-refractivity contribution >= 4 is 11.8 Å². The molecule has 0 bridgehead atoms. The van der Waals surface area contributed by atoms with Crippen molar-refractivity contribution in [1.29, 1.82) is 0 Å². The monoisotopic (exact) mass is 384 g/mol. The Morgan fingerprint density at radius 2 is 1.24 bits per heavy atom. The minimum absolute atomic E-state index is 0.489. The minimum atomic E-state index is -0.853. The lowest BCUT2D eigenvalue weighted by atomic mass is 9.62. The summed E-state index contributed by atoms with van der Waals surface area (Å²) in [6.45, 7) is 4.28. The highest BCUT2D eigenvalue weighted by Gasteiger charge is 2.61. The van der Waals surface area contributed by atoms with E-state index in [-0.39, 0.29) is 0 Å². The molecule has 1 amide bonds. The number of hydrogen-bond acceptors (Lipinski definition) is 3. The quantitative estimate of drug-likeness (QED) is 0.603. The number of carbonyl (C=O) groups excluding carboxylic acids is 1. The Morgan fingerprint density at radius 3 is 1.69 bits per heavy atom. The third kappa shape index (κ3) is 2.75. The predicted molar refractivity (Wildman–Crippen MR) is 115 cm³/mol. The maximum absolute atomic E-state index is 13.0. The van der Waals surface area contributed by atoms with Crippen LogP contribution in [0.15, 0.2) is 96.1 Å². The molecule has 1 aliphatic rings. The number of nitrogens with zero attached hydrogens (tertiary/aromatic N) is 2. The van der Waals surface area contributed by atoms with Crippen molar-refractivity contribution in [3.05, 3.63) is 108 Å². The fourth-order valence-electron chi connectivity index (χ4n) is 4.51. The van der Waals surface area contributed by atoms with Gasteiger partial charge in [0.25, 0.3) is 0 Å². The molecule has 29 heavy (non-hydrogen) atoms. The summed E-state index contributed by atoms with van der Waals surface area (Å²) in [6, 6.07) is 30.1. The zero-order chi connectivity index (χ0) is 20.5. The van der Waals surface area contributed by atoms with Crippen LogP contribution in [-0.4, -0.2) is 23.9 Å². The summed E-state index contributed by atoms with van der Waals surface area (Å²) in [7, 11) is 1.39. The van der Waals surface area contributed by atoms with Crippen LogP contribution < -0.4 is 0 Å². The van der Waals surface area contributed by atoms with E-state index < -0.39 is 17.0 Å². The third-order valence-corrected chi connectivity index (χ3v) is 5.79. The molecule has 0 atom stereocenters. The zero-order valence-electron chi connectivity index (χ0n) is 16.9. The van der Waals surface area contributed by atoms with Gasteiger partial charge in [-0.1, -0.05) is 105 Å². The second kappa shape index (κ2) is 7.21. The first-order chi connectivity index (χ1) is 14.0. The van der Waals surface area contributed by atoms with E-state index in [0.717, 1.165) is 22.4 Å².